The van der Waals surface area contributed by atoms with Crippen LogP contribution >= 0.6 is 32.9 Å². The van der Waals surface area contributed by atoms with Crippen LogP contribution in [0.5, 0.6) is 5.75 Å². The Morgan fingerprint density at radius 2 is 1.37 bits per heavy atom. The van der Waals surface area contributed by atoms with Crippen molar-refractivity contribution < 1.29 is 97.0 Å². The van der Waals surface area contributed by atoms with Crippen LogP contribution in [0.25, 0.3) is 0 Å². The molecule has 610 valence electrons. The molecule has 0 saturated carbocycles. The number of urea groups is 2. The van der Waals surface area contributed by atoms with Gasteiger partial charge in [0.15, 0.2) is 6.73 Å². The van der Waals surface area contributed by atoms with E-state index in [2.05, 4.69) is 63.7 Å². The Balaban J connectivity index is 1.18. The molecule has 12 amide bonds. The van der Waals surface area contributed by atoms with Gasteiger partial charge >= 0.3 is 42.0 Å². The van der Waals surface area contributed by atoms with Crippen LogP contribution in [0.15, 0.2) is 53.9 Å². The van der Waals surface area contributed by atoms with E-state index in [1.165, 1.54) is 58.9 Å². The maximum absolute atomic E-state index is 14.8. The zero-order valence-electron chi connectivity index (χ0n) is 63.9. The number of carboxylic acid groups (broad SMARTS) is 3. The molecule has 0 spiro atoms. The van der Waals surface area contributed by atoms with Gasteiger partial charge < -0.3 is 82.7 Å². The number of phenols is 1. The number of carbonyl (C=O) groups excluding carboxylic acids is 11. The highest BCUT2D eigenvalue weighted by atomic mass is 33.1. The van der Waals surface area contributed by atoms with E-state index < -0.39 is 126 Å². The maximum Gasteiger partial charge on any atom is 0.426 e. The van der Waals surface area contributed by atoms with Crippen LogP contribution in [0.3, 0.4) is 0 Å². The van der Waals surface area contributed by atoms with Crippen molar-refractivity contribution in [2.75, 3.05) is 51.5 Å². The molecule has 15 N–H and O–H groups in total. The number of aromatic hydroxyl groups is 1. The quantitative estimate of drug-likeness (QED) is 0.0118. The fraction of sp³-hybridized carbons (Fsp3) is 0.603. The molecule has 2 heterocycles. The first-order valence-corrected chi connectivity index (χ1v) is 40.3. The molecule has 0 aliphatic carbocycles. The summed E-state index contributed by atoms with van der Waals surface area (Å²) in [7, 11) is 4.59. The molecule has 0 bridgehead atoms. The van der Waals surface area contributed by atoms with Gasteiger partial charge in [-0.05, 0) is 126 Å². The second-order valence-corrected chi connectivity index (χ2v) is 31.0. The largest absolute Gasteiger partial charge is 0.508 e. The molecular weight excluding hydrogens is 1490 g/mol. The monoisotopic (exact) mass is 1600 g/mol. The number of aryl methyl sites for hydroxylation is 1. The fourth-order valence-electron chi connectivity index (χ4n) is 11.5. The number of hydrogen-bond acceptors (Lipinski definition) is 22. The lowest BCUT2D eigenvalue weighted by Crippen LogP contribution is -2.58. The van der Waals surface area contributed by atoms with E-state index in [4.69, 9.17) is 14.6 Å². The zero-order chi connectivity index (χ0) is 81.4. The number of aromatic nitrogens is 1. The minimum Gasteiger partial charge on any atom is -0.508 e. The van der Waals surface area contributed by atoms with Gasteiger partial charge in [-0.15, -0.1) is 11.3 Å². The second-order valence-electron chi connectivity index (χ2n) is 27.4. The van der Waals surface area contributed by atoms with Crippen molar-refractivity contribution in [2.45, 2.75) is 213 Å². The molecule has 3 aromatic rings. The van der Waals surface area contributed by atoms with E-state index in [1.807, 2.05) is 46.6 Å². The molecule has 1 unspecified atom stereocenters. The average molecular weight is 1600 g/mol. The highest BCUT2D eigenvalue weighted by Gasteiger charge is 2.38. The number of unbranched alkanes of at least 4 members (excludes halogenated alkanes) is 1. The average Bonchev–Trinajstić information content (AvgIpc) is 1.06. The number of ether oxygens (including phenoxy) is 2. The van der Waals surface area contributed by atoms with Gasteiger partial charge in [0.25, 0.3) is 5.91 Å². The molecule has 110 heavy (non-hydrogen) atoms. The van der Waals surface area contributed by atoms with Gasteiger partial charge in [0.1, 0.15) is 48.3 Å². The van der Waals surface area contributed by atoms with Gasteiger partial charge in [0, 0.05) is 67.4 Å². The Labute approximate surface area is 652 Å². The smallest absolute Gasteiger partial charge is 0.426 e. The summed E-state index contributed by atoms with van der Waals surface area (Å²) in [5.41, 5.74) is 6.63. The molecule has 1 aliphatic heterocycles. The number of nitrogens with zero attached hydrogens (tertiary/aromatic N) is 3. The summed E-state index contributed by atoms with van der Waals surface area (Å²) < 4.78 is 10.9. The Kier molecular flexibility index (Phi) is 41.9. The van der Waals surface area contributed by atoms with Crippen molar-refractivity contribution >= 4 is 116 Å². The number of amides is 12. The van der Waals surface area contributed by atoms with Gasteiger partial charge in [-0.1, -0.05) is 119 Å². The number of benzene rings is 2. The lowest BCUT2D eigenvalue weighted by Gasteiger charge is -2.38. The topological polar surface area (TPSA) is 490 Å². The molecule has 1 fully saturated rings. The summed E-state index contributed by atoms with van der Waals surface area (Å²) in [6.07, 6.45) is 4.75. The van der Waals surface area contributed by atoms with E-state index in [9.17, 15) is 82.4 Å². The van der Waals surface area contributed by atoms with E-state index in [1.54, 1.807) is 53.6 Å². The molecule has 1 aliphatic rings. The summed E-state index contributed by atoms with van der Waals surface area (Å²) >= 11 is 1.27. The number of aliphatic carboxylic acids is 3. The van der Waals surface area contributed by atoms with Crippen LogP contribution in [-0.4, -0.2) is 218 Å². The van der Waals surface area contributed by atoms with Crippen LogP contribution in [0, 0.1) is 17.8 Å². The number of likely N-dealkylation sites (tertiary alicyclic amines) is 1. The lowest BCUT2D eigenvalue weighted by atomic mass is 9.93. The summed E-state index contributed by atoms with van der Waals surface area (Å²) in [6, 6.07) is 3.89. The maximum atomic E-state index is 14.8. The first kappa shape index (κ1) is 92.9. The number of nitrogens with one attached hydrogen (secondary N) is 11. The van der Waals surface area contributed by atoms with Crippen molar-refractivity contribution in [3.63, 3.8) is 0 Å². The Morgan fingerprint density at radius 1 is 0.682 bits per heavy atom. The van der Waals surface area contributed by atoms with Crippen LogP contribution in [0.4, 0.5) is 14.4 Å². The third kappa shape index (κ3) is 35.0. The molecule has 0 radical (unpaired) electrons. The summed E-state index contributed by atoms with van der Waals surface area (Å²) in [6.45, 7) is 14.7. The SMILES string of the molecule is CCCC(=O)OCN(C(=O)[C@@H](NC(=O)[C@H]1CCCCCN1C)C(C)CC)[C@H](CCc1nc(C(=O)N[C@@H](Cc2ccc(O)cc2)C[C@H](C)C(=O)NNC(=O)OCCSSCCNC(=O)[C@H](C)NC(=O)[C@H](CC(=O)O)NC(=O)Cc2ccc(CNC(=O)NCCCC[C@H](NC(=O)N[C@@H](C)C(=O)O)C(=O)O)cc2)cs1)C(C)C. The van der Waals surface area contributed by atoms with Crippen LogP contribution < -0.4 is 58.7 Å². The number of thiazole rings is 1. The van der Waals surface area contributed by atoms with Crippen LogP contribution in [-0.2, 0) is 83.2 Å². The second kappa shape index (κ2) is 49.6. The van der Waals surface area contributed by atoms with E-state index in [0.29, 0.717) is 72.6 Å². The highest BCUT2D eigenvalue weighted by Crippen LogP contribution is 2.26. The number of hydrazine groups is 1. The Hall–Kier alpha value is -9.49. The Bertz CT molecular complexity index is 3520. The first-order chi connectivity index (χ1) is 52.3. The molecule has 37 heteroatoms. The highest BCUT2D eigenvalue weighted by molar-refractivity contribution is 8.76. The number of hydrogen-bond donors (Lipinski definition) is 15. The van der Waals surface area contributed by atoms with Gasteiger partial charge in [-0.3, -0.25) is 58.3 Å². The number of esters is 1. The zero-order valence-corrected chi connectivity index (χ0v) is 66.4. The Morgan fingerprint density at radius 3 is 2.04 bits per heavy atom. The van der Waals surface area contributed by atoms with Gasteiger partial charge in [-0.2, -0.15) is 0 Å². The minimum atomic E-state index is -1.53. The van der Waals surface area contributed by atoms with E-state index in [0.717, 1.165) is 31.4 Å². The molecule has 1 aromatic heterocycles. The summed E-state index contributed by atoms with van der Waals surface area (Å²) in [5, 5.41) is 63.3. The van der Waals surface area contributed by atoms with Crippen molar-refractivity contribution in [1.82, 2.24) is 73.5 Å². The first-order valence-electron chi connectivity index (χ1n) is 37.0. The molecule has 1 saturated heterocycles. The summed E-state index contributed by atoms with van der Waals surface area (Å²) in [4.78, 5) is 188. The van der Waals surface area contributed by atoms with Gasteiger partial charge in [0.05, 0.1) is 23.9 Å². The predicted molar refractivity (Wildman–Crippen MR) is 412 cm³/mol. The molecule has 34 nitrogen and oxygen atoms in total. The normalized spacial score (nSPS) is 15.3. The van der Waals surface area contributed by atoms with Gasteiger partial charge in [0.2, 0.25) is 35.4 Å². The number of carbonyl (C=O) groups is 14. The lowest BCUT2D eigenvalue weighted by molar-refractivity contribution is -0.159. The molecule has 4 rings (SSSR count). The van der Waals surface area contributed by atoms with E-state index in [-0.39, 0.29) is 106 Å². The predicted octanol–water partition coefficient (Wildman–Crippen LogP) is 4.86. The van der Waals surface area contributed by atoms with Crippen LogP contribution in [0.1, 0.15) is 171 Å². The standard InChI is InChI=1S/C73H110N14O20S3/c1-10-17-61(92)107-42-87(68(98)62(44(5)11-2)83-67(97)57-19-13-12-16-32-86(57)9)56(43(3)4)28-29-59-81-55(41-108-59)66(96)79-51(37-48-24-26-52(88)27-25-48)36-45(6)63(93)84-85-73(105)106-33-35-110-109-34-31-74-64(94)46(7)77-65(95)54(39-60(90)91)80-58(89)38-49-20-22-50(23-21-49)40-76-71(103)75-30-15-14-18-53(70(101)102)82-72(104)78-47(8)69(99)100/h20-27,41,43-47,51,53-54,56-57,62,88H,10-19,28-40,42H2,1-9H3,(H,74,94)(H,77,95)(H,79,96)(H,80,89)(H,83,97)(H,84,93)(H,85,105)(H,90,91)(H,99,100)(H,101,102)(H2,75,76,103)(H2,78,82,104)/t44?,45-,46-,47-,51+,53-,54-,56+,57+,62-/m0/s1. The van der Waals surface area contributed by atoms with Crippen LogP contribution in [0.2, 0.25) is 0 Å². The number of rotatable bonds is 47. The molecule has 10 atom stereocenters. The number of likely N-dealkylation sites (N-methyl/N-ethyl adjacent to an activating group) is 1. The van der Waals surface area contributed by atoms with Crippen molar-refractivity contribution in [3.8, 4) is 5.75 Å². The number of phenolic OH excluding ortho intramolecular Hbond substituents is 1. The minimum absolute atomic E-state index is 0.0203. The third-order valence-electron chi connectivity index (χ3n) is 18.1. The fourth-order valence-corrected chi connectivity index (χ4v) is 14.0. The van der Waals surface area contributed by atoms with E-state index >= 15 is 0 Å². The van der Waals surface area contributed by atoms with Gasteiger partial charge in [-0.25, -0.2) is 29.6 Å². The van der Waals surface area contributed by atoms with Crippen molar-refractivity contribution in [2.24, 2.45) is 17.8 Å². The third-order valence-corrected chi connectivity index (χ3v) is 21.3. The molecule has 2 aromatic carbocycles. The molecular formula is C73H110N14O20S3. The van der Waals surface area contributed by atoms with Crippen molar-refractivity contribution in [3.05, 3.63) is 81.3 Å². The number of carboxylic acids is 3. The van der Waals surface area contributed by atoms with Crippen molar-refractivity contribution in [1.29, 1.82) is 0 Å². The summed E-state index contributed by atoms with van der Waals surface area (Å²) in [5.74, 6) is -8.66.